The lowest BCUT2D eigenvalue weighted by atomic mass is 9.94. The van der Waals surface area contributed by atoms with E-state index in [-0.39, 0.29) is 18.6 Å². The Morgan fingerprint density at radius 1 is 1.13 bits per heavy atom. The number of methoxy groups -OCH3 is 1. The number of hydrogen-bond acceptors (Lipinski definition) is 8. The molecule has 212 valence electrons. The number of halogens is 2. The normalized spacial score (nSPS) is 18.9. The van der Waals surface area contributed by atoms with Crippen LogP contribution in [0.5, 0.6) is 5.88 Å². The van der Waals surface area contributed by atoms with Gasteiger partial charge in [-0.3, -0.25) is 10.2 Å². The summed E-state index contributed by atoms with van der Waals surface area (Å²) in [5.41, 5.74) is 0.990. The molecule has 1 aliphatic heterocycles. The predicted molar refractivity (Wildman–Crippen MR) is 144 cm³/mol. The van der Waals surface area contributed by atoms with E-state index < -0.39 is 23.6 Å². The minimum Gasteiger partial charge on any atom is -0.473 e. The molecule has 1 fully saturated rings. The Hall–Kier alpha value is -3.09. The van der Waals surface area contributed by atoms with Gasteiger partial charge in [0.2, 0.25) is 5.88 Å². The molecule has 0 radical (unpaired) electrons. The quantitative estimate of drug-likeness (QED) is 0.258. The molecule has 0 amide bonds. The Balaban J connectivity index is 1.56. The first-order chi connectivity index (χ1) is 18.6. The van der Waals surface area contributed by atoms with Crippen LogP contribution < -0.4 is 15.4 Å². The number of aliphatic hydroxyl groups is 2. The lowest BCUT2D eigenvalue weighted by Crippen LogP contribution is -2.46. The Bertz CT molecular complexity index is 1230. The Morgan fingerprint density at radius 2 is 1.87 bits per heavy atom. The fraction of sp³-hybridized carbons (Fsp3) is 0.464. The molecule has 1 aromatic heterocycles. The molecule has 0 saturated carbocycles. The van der Waals surface area contributed by atoms with Crippen LogP contribution in [0, 0.1) is 18.6 Å². The van der Waals surface area contributed by atoms with Crippen LogP contribution in [-0.4, -0.2) is 82.8 Å². The summed E-state index contributed by atoms with van der Waals surface area (Å²) in [5.74, 6) is -1.17. The zero-order valence-corrected chi connectivity index (χ0v) is 22.7. The average Bonchev–Trinajstić information content (AvgIpc) is 3.43. The van der Waals surface area contributed by atoms with Crippen LogP contribution in [-0.2, 0) is 4.74 Å². The van der Waals surface area contributed by atoms with E-state index in [1.807, 2.05) is 37.3 Å². The maximum Gasteiger partial charge on any atom is 0.238 e. The van der Waals surface area contributed by atoms with Crippen molar-refractivity contribution in [3.63, 3.8) is 0 Å². The molecule has 3 atom stereocenters. The second-order valence-corrected chi connectivity index (χ2v) is 10.5. The van der Waals surface area contributed by atoms with Crippen LogP contribution in [0.15, 0.2) is 48.5 Å². The van der Waals surface area contributed by atoms with E-state index in [1.165, 1.54) is 6.07 Å². The number of aromatic nitrogens is 2. The van der Waals surface area contributed by atoms with Crippen molar-refractivity contribution < 1.29 is 28.5 Å². The fourth-order valence-corrected chi connectivity index (χ4v) is 4.70. The number of ether oxygens (including phenoxy) is 2. The smallest absolute Gasteiger partial charge is 0.238 e. The highest BCUT2D eigenvalue weighted by molar-refractivity contribution is 5.55. The number of hydrogen-bond donors (Lipinski definition) is 4. The van der Waals surface area contributed by atoms with Gasteiger partial charge in [-0.25, -0.2) is 13.5 Å². The fourth-order valence-electron chi connectivity index (χ4n) is 4.70. The van der Waals surface area contributed by atoms with Crippen molar-refractivity contribution in [2.75, 3.05) is 45.3 Å². The van der Waals surface area contributed by atoms with Gasteiger partial charge in [0.15, 0.2) is 18.0 Å². The first-order valence-corrected chi connectivity index (χ1v) is 12.9. The first kappa shape index (κ1) is 28.9. The molecule has 3 aromatic rings. The lowest BCUT2D eigenvalue weighted by Gasteiger charge is -2.25. The highest BCUT2D eigenvalue weighted by Crippen LogP contribution is 2.31. The third-order valence-electron chi connectivity index (χ3n) is 6.67. The van der Waals surface area contributed by atoms with Crippen LogP contribution >= 0.6 is 0 Å². The van der Waals surface area contributed by atoms with Crippen LogP contribution in [0.25, 0.3) is 5.69 Å². The molecule has 39 heavy (non-hydrogen) atoms. The zero-order chi connectivity index (χ0) is 28.2. The van der Waals surface area contributed by atoms with E-state index in [0.29, 0.717) is 49.1 Å². The van der Waals surface area contributed by atoms with Gasteiger partial charge in [-0.15, -0.1) is 5.10 Å². The molecule has 4 rings (SSSR count). The second-order valence-electron chi connectivity index (χ2n) is 10.5. The number of nitrogens with one attached hydrogen (secondary N) is 2. The highest BCUT2D eigenvalue weighted by Gasteiger charge is 2.35. The molecule has 0 bridgehead atoms. The van der Waals surface area contributed by atoms with E-state index in [9.17, 15) is 19.0 Å². The Labute approximate surface area is 227 Å². The van der Waals surface area contributed by atoms with Crippen molar-refractivity contribution in [3.05, 3.63) is 71.3 Å². The maximum absolute atomic E-state index is 14.1. The molecule has 2 heterocycles. The van der Waals surface area contributed by atoms with Gasteiger partial charge in [-0.2, -0.15) is 0 Å². The van der Waals surface area contributed by atoms with Gasteiger partial charge in [-0.05, 0) is 50.6 Å². The third-order valence-corrected chi connectivity index (χ3v) is 6.67. The van der Waals surface area contributed by atoms with Gasteiger partial charge in [-0.1, -0.05) is 24.3 Å². The summed E-state index contributed by atoms with van der Waals surface area (Å²) in [7, 11) is 1.63. The van der Waals surface area contributed by atoms with Crippen LogP contribution in [0.1, 0.15) is 30.9 Å². The largest absolute Gasteiger partial charge is 0.473 e. The van der Waals surface area contributed by atoms with E-state index in [2.05, 4.69) is 20.6 Å². The molecule has 0 aliphatic carbocycles. The Kier molecular flexibility index (Phi) is 9.19. The SMILES string of the molecule is COCCN1C[C@@H](NC(O)Nc2c(C)c(OCC(C)(C)O)nn2-c2ccccc2)[C@H](c2ccc(F)c(F)c2)C1. The summed E-state index contributed by atoms with van der Waals surface area (Å²) in [6, 6.07) is 13.1. The van der Waals surface area contributed by atoms with Crippen molar-refractivity contribution in [3.8, 4) is 11.6 Å². The molecule has 4 N–H and O–H groups in total. The van der Waals surface area contributed by atoms with Gasteiger partial charge in [0, 0.05) is 38.7 Å². The second kappa shape index (κ2) is 12.4. The van der Waals surface area contributed by atoms with Crippen molar-refractivity contribution in [2.24, 2.45) is 0 Å². The number of anilines is 1. The summed E-state index contributed by atoms with van der Waals surface area (Å²) < 4.78 is 40.3. The van der Waals surface area contributed by atoms with Crippen molar-refractivity contribution in [1.29, 1.82) is 0 Å². The topological polar surface area (TPSA) is 104 Å². The molecule has 11 heteroatoms. The monoisotopic (exact) mass is 545 g/mol. The molecular formula is C28H37F2N5O4. The lowest BCUT2D eigenvalue weighted by molar-refractivity contribution is 0.0265. The van der Waals surface area contributed by atoms with Crippen molar-refractivity contribution >= 4 is 5.82 Å². The van der Waals surface area contributed by atoms with E-state index in [4.69, 9.17) is 9.47 Å². The number of nitrogens with zero attached hydrogens (tertiary/aromatic N) is 3. The van der Waals surface area contributed by atoms with E-state index in [0.717, 1.165) is 11.8 Å². The molecule has 9 nitrogen and oxygen atoms in total. The molecule has 1 unspecified atom stereocenters. The summed E-state index contributed by atoms with van der Waals surface area (Å²) in [4.78, 5) is 2.15. The van der Waals surface area contributed by atoms with Gasteiger partial charge in [0.25, 0.3) is 0 Å². The molecule has 0 spiro atoms. The first-order valence-electron chi connectivity index (χ1n) is 12.9. The van der Waals surface area contributed by atoms with Crippen LogP contribution in [0.2, 0.25) is 0 Å². The van der Waals surface area contributed by atoms with Gasteiger partial charge < -0.3 is 25.0 Å². The summed E-state index contributed by atoms with van der Waals surface area (Å²) in [6.07, 6.45) is -1.20. The molecule has 1 aliphatic rings. The van der Waals surface area contributed by atoms with Gasteiger partial charge >= 0.3 is 0 Å². The van der Waals surface area contributed by atoms with Crippen molar-refractivity contribution in [1.82, 2.24) is 20.0 Å². The maximum atomic E-state index is 14.1. The minimum atomic E-state index is -1.20. The average molecular weight is 546 g/mol. The number of para-hydroxylation sites is 1. The summed E-state index contributed by atoms with van der Waals surface area (Å²) in [6.45, 7) is 7.50. The Morgan fingerprint density at radius 3 is 2.54 bits per heavy atom. The molecule has 1 saturated heterocycles. The predicted octanol–water partition coefficient (Wildman–Crippen LogP) is 3.00. The zero-order valence-electron chi connectivity index (χ0n) is 22.7. The van der Waals surface area contributed by atoms with Crippen LogP contribution in [0.4, 0.5) is 14.6 Å². The minimum absolute atomic E-state index is 0.0369. The summed E-state index contributed by atoms with van der Waals surface area (Å²) in [5, 5.41) is 32.1. The molecular weight excluding hydrogens is 508 g/mol. The number of aliphatic hydroxyl groups excluding tert-OH is 1. The van der Waals surface area contributed by atoms with E-state index in [1.54, 1.807) is 31.7 Å². The third kappa shape index (κ3) is 7.31. The van der Waals surface area contributed by atoms with Gasteiger partial charge in [0.05, 0.1) is 23.5 Å². The van der Waals surface area contributed by atoms with Crippen LogP contribution in [0.3, 0.4) is 0 Å². The van der Waals surface area contributed by atoms with Gasteiger partial charge in [0.1, 0.15) is 12.4 Å². The highest BCUT2D eigenvalue weighted by atomic mass is 19.2. The number of rotatable bonds is 12. The number of benzene rings is 2. The van der Waals surface area contributed by atoms with Crippen molar-refractivity contribution in [2.45, 2.75) is 44.7 Å². The van der Waals surface area contributed by atoms with E-state index >= 15 is 0 Å². The summed E-state index contributed by atoms with van der Waals surface area (Å²) >= 11 is 0. The number of likely N-dealkylation sites (tertiary alicyclic amines) is 1. The standard InChI is InChI=1S/C28H37F2N5O4/c1-18-25(35(20-8-6-5-7-9-20)33-26(18)39-17-28(2,3)37)32-27(36)31-24-16-34(12-13-38-4)15-21(24)19-10-11-22(29)23(30)14-19/h5-11,14,21,24,27,31-32,36-37H,12-13,15-17H2,1-4H3/t21-,24+,27?/m0/s1. The molecule has 2 aromatic carbocycles.